The van der Waals surface area contributed by atoms with Crippen molar-refractivity contribution < 1.29 is 12.9 Å². The molecular weight excluding hydrogens is 308 g/mol. The second kappa shape index (κ2) is 5.90. The van der Waals surface area contributed by atoms with Gasteiger partial charge in [0.1, 0.15) is 4.90 Å². The highest BCUT2D eigenvalue weighted by Gasteiger charge is 2.28. The molecule has 116 valence electrons. The highest BCUT2D eigenvalue weighted by Crippen LogP contribution is 2.39. The number of aryl methyl sites for hydroxylation is 3. The predicted molar refractivity (Wildman–Crippen MR) is 84.1 cm³/mol. The third kappa shape index (κ3) is 3.20. The molecule has 21 heavy (non-hydrogen) atoms. The lowest BCUT2D eigenvalue weighted by Crippen LogP contribution is -2.32. The molecule has 0 bridgehead atoms. The van der Waals surface area contributed by atoms with Crippen LogP contribution in [0, 0.1) is 20.8 Å². The average Bonchev–Trinajstić information content (AvgIpc) is 2.92. The topological polar surface area (TPSA) is 72.2 Å². The van der Waals surface area contributed by atoms with Crippen LogP contribution in [-0.4, -0.2) is 19.6 Å². The smallest absolute Gasteiger partial charge is 0.242 e. The second-order valence-electron chi connectivity index (χ2n) is 5.18. The number of sulfonamides is 1. The highest BCUT2D eigenvalue weighted by atomic mass is 32.2. The van der Waals surface area contributed by atoms with Gasteiger partial charge in [0.05, 0.1) is 11.3 Å². The molecule has 0 fully saturated rings. The molecule has 0 saturated carbocycles. The van der Waals surface area contributed by atoms with E-state index in [4.69, 9.17) is 4.52 Å². The molecule has 2 rings (SSSR count). The van der Waals surface area contributed by atoms with E-state index in [0.29, 0.717) is 16.2 Å². The number of aromatic nitrogens is 1. The Bertz CT molecular complexity index is 744. The molecule has 1 unspecified atom stereocenters. The molecule has 0 saturated heterocycles. The summed E-state index contributed by atoms with van der Waals surface area (Å²) < 4.78 is 33.3. The summed E-state index contributed by atoms with van der Waals surface area (Å²) in [7, 11) is -3.58. The van der Waals surface area contributed by atoms with Gasteiger partial charge in [0.25, 0.3) is 0 Å². The van der Waals surface area contributed by atoms with Gasteiger partial charge >= 0.3 is 0 Å². The van der Waals surface area contributed by atoms with E-state index in [2.05, 4.69) is 9.88 Å². The maximum Gasteiger partial charge on any atom is 0.242 e. The summed E-state index contributed by atoms with van der Waals surface area (Å²) in [6.07, 6.45) is 0.734. The molecule has 2 aromatic heterocycles. The summed E-state index contributed by atoms with van der Waals surface area (Å²) >= 11 is 1.45. The minimum atomic E-state index is -3.58. The molecule has 5 nitrogen and oxygen atoms in total. The van der Waals surface area contributed by atoms with E-state index < -0.39 is 10.0 Å². The van der Waals surface area contributed by atoms with E-state index in [1.807, 2.05) is 34.6 Å². The zero-order chi connectivity index (χ0) is 15.8. The fourth-order valence-corrected chi connectivity index (χ4v) is 5.35. The molecule has 2 aromatic rings. The second-order valence-corrected chi connectivity index (χ2v) is 8.26. The molecule has 0 aromatic carbocycles. The minimum absolute atomic E-state index is 0.112. The lowest BCUT2D eigenvalue weighted by atomic mass is 10.2. The number of nitrogens with zero attached hydrogens (tertiary/aromatic N) is 1. The van der Waals surface area contributed by atoms with Crippen LogP contribution in [0.4, 0.5) is 0 Å². The molecule has 1 atom stereocenters. The summed E-state index contributed by atoms with van der Waals surface area (Å²) in [4.78, 5) is 1.97. The Labute approximate surface area is 129 Å². The first-order valence-corrected chi connectivity index (χ1v) is 9.12. The van der Waals surface area contributed by atoms with Crippen LogP contribution in [0.15, 0.2) is 15.5 Å². The van der Waals surface area contributed by atoms with E-state index in [-0.39, 0.29) is 6.04 Å². The maximum atomic E-state index is 12.7. The number of hydrogen-bond donors (Lipinski definition) is 1. The van der Waals surface area contributed by atoms with Gasteiger partial charge in [0, 0.05) is 21.9 Å². The van der Waals surface area contributed by atoms with Crippen LogP contribution >= 0.6 is 11.3 Å². The predicted octanol–water partition coefficient (Wildman–Crippen LogP) is 3.41. The van der Waals surface area contributed by atoms with E-state index >= 15 is 0 Å². The van der Waals surface area contributed by atoms with Gasteiger partial charge < -0.3 is 4.52 Å². The van der Waals surface area contributed by atoms with Gasteiger partial charge in [-0.3, -0.25) is 0 Å². The van der Waals surface area contributed by atoms with Gasteiger partial charge in [-0.25, -0.2) is 13.1 Å². The number of rotatable bonds is 5. The van der Waals surface area contributed by atoms with E-state index in [1.165, 1.54) is 11.3 Å². The Kier molecular flexibility index (Phi) is 4.55. The van der Waals surface area contributed by atoms with Gasteiger partial charge in [-0.05, 0) is 34.1 Å². The van der Waals surface area contributed by atoms with E-state index in [1.54, 1.807) is 6.07 Å². The fraction of sp³-hybridized carbons (Fsp3) is 0.500. The average molecular weight is 328 g/mol. The molecular formula is C14H20N2O3S2. The molecule has 0 radical (unpaired) electrons. The Morgan fingerprint density at radius 1 is 1.33 bits per heavy atom. The summed E-state index contributed by atoms with van der Waals surface area (Å²) in [5.74, 6) is 0.499. The van der Waals surface area contributed by atoms with Crippen molar-refractivity contribution in [3.8, 4) is 11.3 Å². The Morgan fingerprint density at radius 3 is 2.52 bits per heavy atom. The highest BCUT2D eigenvalue weighted by molar-refractivity contribution is 7.89. The standard InChI is InChI=1S/C14H20N2O3S2/c1-6-8(2)16-21(17,18)14-11(5)20-10(4)13(14)12-7-9(3)15-19-12/h7-8,16H,6H2,1-5H3. The molecule has 0 amide bonds. The normalized spacial score (nSPS) is 13.6. The third-order valence-electron chi connectivity index (χ3n) is 3.32. The van der Waals surface area contributed by atoms with Crippen LogP contribution in [0.3, 0.4) is 0 Å². The van der Waals surface area contributed by atoms with Gasteiger partial charge in [0.15, 0.2) is 5.76 Å². The Morgan fingerprint density at radius 2 is 2.00 bits per heavy atom. The first-order chi connectivity index (χ1) is 9.76. The maximum absolute atomic E-state index is 12.7. The summed E-state index contributed by atoms with van der Waals surface area (Å²) in [6.45, 7) is 9.32. The monoisotopic (exact) mass is 328 g/mol. The molecule has 0 spiro atoms. The van der Waals surface area contributed by atoms with Crippen LogP contribution in [0.1, 0.15) is 35.7 Å². The molecule has 1 N–H and O–H groups in total. The molecule has 0 aliphatic heterocycles. The van der Waals surface area contributed by atoms with E-state index in [9.17, 15) is 8.42 Å². The minimum Gasteiger partial charge on any atom is -0.356 e. The summed E-state index contributed by atoms with van der Waals surface area (Å²) in [6, 6.07) is 1.65. The van der Waals surface area contributed by atoms with Crippen LogP contribution < -0.4 is 4.72 Å². The molecule has 0 aliphatic carbocycles. The van der Waals surface area contributed by atoms with Crippen LogP contribution in [-0.2, 0) is 10.0 Å². The quantitative estimate of drug-likeness (QED) is 0.913. The van der Waals surface area contributed by atoms with Gasteiger partial charge in [-0.1, -0.05) is 12.1 Å². The van der Waals surface area contributed by atoms with Crippen LogP contribution in [0.2, 0.25) is 0 Å². The SMILES string of the molecule is CCC(C)NS(=O)(=O)c1c(C)sc(C)c1-c1cc(C)no1. The van der Waals surface area contributed by atoms with Gasteiger partial charge in [-0.15, -0.1) is 11.3 Å². The lowest BCUT2D eigenvalue weighted by Gasteiger charge is -2.13. The molecule has 2 heterocycles. The lowest BCUT2D eigenvalue weighted by molar-refractivity contribution is 0.426. The number of nitrogens with one attached hydrogen (secondary N) is 1. The van der Waals surface area contributed by atoms with Crippen molar-refractivity contribution in [1.29, 1.82) is 0 Å². The van der Waals surface area contributed by atoms with Crippen molar-refractivity contribution in [2.24, 2.45) is 0 Å². The largest absolute Gasteiger partial charge is 0.356 e. The molecule has 7 heteroatoms. The first kappa shape index (κ1) is 16.2. The zero-order valence-corrected chi connectivity index (χ0v) is 14.5. The van der Waals surface area contributed by atoms with Gasteiger partial charge in [0.2, 0.25) is 10.0 Å². The number of hydrogen-bond acceptors (Lipinski definition) is 5. The Balaban J connectivity index is 2.59. The number of thiophene rings is 1. The van der Waals surface area contributed by atoms with Crippen molar-refractivity contribution >= 4 is 21.4 Å². The van der Waals surface area contributed by atoms with Crippen molar-refractivity contribution in [2.45, 2.75) is 52.0 Å². The van der Waals surface area contributed by atoms with Crippen LogP contribution in [0.5, 0.6) is 0 Å². The van der Waals surface area contributed by atoms with E-state index in [0.717, 1.165) is 21.9 Å². The van der Waals surface area contributed by atoms with Gasteiger partial charge in [-0.2, -0.15) is 0 Å². The first-order valence-electron chi connectivity index (χ1n) is 6.82. The third-order valence-corrected chi connectivity index (χ3v) is 6.23. The zero-order valence-electron chi connectivity index (χ0n) is 12.9. The Hall–Kier alpha value is -1.18. The van der Waals surface area contributed by atoms with Crippen molar-refractivity contribution in [3.05, 3.63) is 21.5 Å². The summed E-state index contributed by atoms with van der Waals surface area (Å²) in [5.41, 5.74) is 1.35. The van der Waals surface area contributed by atoms with Crippen LogP contribution in [0.25, 0.3) is 11.3 Å². The fourth-order valence-electron chi connectivity index (χ4n) is 2.16. The molecule has 0 aliphatic rings. The van der Waals surface area contributed by atoms with Crippen molar-refractivity contribution in [2.75, 3.05) is 0 Å². The van der Waals surface area contributed by atoms with Crippen molar-refractivity contribution in [1.82, 2.24) is 9.88 Å². The van der Waals surface area contributed by atoms with Crippen molar-refractivity contribution in [3.63, 3.8) is 0 Å². The summed E-state index contributed by atoms with van der Waals surface area (Å²) in [5, 5.41) is 3.86.